The number of ether oxygens (including phenoxy) is 1. The number of nitrogens with zero attached hydrogens (tertiary/aromatic N) is 2. The van der Waals surface area contributed by atoms with Gasteiger partial charge in [-0.2, -0.15) is 0 Å². The fourth-order valence-electron chi connectivity index (χ4n) is 3.43. The summed E-state index contributed by atoms with van der Waals surface area (Å²) < 4.78 is 5.71. The summed E-state index contributed by atoms with van der Waals surface area (Å²) in [6.45, 7) is 5.18. The first-order valence-electron chi connectivity index (χ1n) is 9.26. The third kappa shape index (κ3) is 5.28. The molecule has 1 aliphatic heterocycles. The third-order valence-corrected chi connectivity index (χ3v) is 4.99. The SMILES string of the molecule is CCc1ccc(OC[C@H](O)CN2CCC(c3cccnc3)CC2)cc1. The van der Waals surface area contributed by atoms with Crippen LogP contribution in [0.4, 0.5) is 0 Å². The second-order valence-corrected chi connectivity index (χ2v) is 6.82. The molecule has 0 spiro atoms. The predicted octanol–water partition coefficient (Wildman–Crippen LogP) is 3.26. The van der Waals surface area contributed by atoms with Crippen LogP contribution >= 0.6 is 0 Å². The van der Waals surface area contributed by atoms with Gasteiger partial charge >= 0.3 is 0 Å². The molecule has 1 N–H and O–H groups in total. The van der Waals surface area contributed by atoms with Crippen LogP contribution in [0.15, 0.2) is 48.8 Å². The normalized spacial score (nSPS) is 17.4. The molecule has 4 heteroatoms. The standard InChI is InChI=1S/C21H28N2O2/c1-2-17-5-7-21(8-6-17)25-16-20(24)15-23-12-9-18(10-13-23)19-4-3-11-22-14-19/h3-8,11,14,18,20,24H,2,9-10,12-13,15-16H2,1H3/t20-/m1/s1. The maximum atomic E-state index is 10.3. The van der Waals surface area contributed by atoms with Crippen LogP contribution in [0.1, 0.15) is 36.8 Å². The summed E-state index contributed by atoms with van der Waals surface area (Å²) in [6.07, 6.45) is 6.62. The van der Waals surface area contributed by atoms with E-state index in [1.165, 1.54) is 11.1 Å². The van der Waals surface area contributed by atoms with Gasteiger partial charge in [-0.3, -0.25) is 4.98 Å². The highest BCUT2D eigenvalue weighted by Gasteiger charge is 2.22. The Hall–Kier alpha value is -1.91. The minimum absolute atomic E-state index is 0.341. The van der Waals surface area contributed by atoms with Gasteiger partial charge < -0.3 is 14.7 Å². The highest BCUT2D eigenvalue weighted by Crippen LogP contribution is 2.27. The molecule has 1 saturated heterocycles. The summed E-state index contributed by atoms with van der Waals surface area (Å²) >= 11 is 0. The van der Waals surface area contributed by atoms with E-state index >= 15 is 0 Å². The van der Waals surface area contributed by atoms with Crippen LogP contribution in [-0.4, -0.2) is 47.3 Å². The van der Waals surface area contributed by atoms with E-state index in [2.05, 4.69) is 35.0 Å². The van der Waals surface area contributed by atoms with E-state index < -0.39 is 6.10 Å². The zero-order valence-electron chi connectivity index (χ0n) is 15.0. The lowest BCUT2D eigenvalue weighted by Crippen LogP contribution is -2.40. The number of hydrogen-bond acceptors (Lipinski definition) is 4. The first kappa shape index (κ1) is 17.9. The minimum Gasteiger partial charge on any atom is -0.491 e. The quantitative estimate of drug-likeness (QED) is 0.840. The largest absolute Gasteiger partial charge is 0.491 e. The van der Waals surface area contributed by atoms with Crippen molar-refractivity contribution in [3.8, 4) is 5.75 Å². The van der Waals surface area contributed by atoms with E-state index in [1.807, 2.05) is 30.6 Å². The first-order chi connectivity index (χ1) is 12.2. The minimum atomic E-state index is -0.458. The average Bonchev–Trinajstić information content (AvgIpc) is 2.68. The summed E-state index contributed by atoms with van der Waals surface area (Å²) in [6, 6.07) is 12.3. The average molecular weight is 340 g/mol. The van der Waals surface area contributed by atoms with E-state index in [0.29, 0.717) is 19.1 Å². The number of hydrogen-bond donors (Lipinski definition) is 1. The van der Waals surface area contributed by atoms with Crippen molar-refractivity contribution in [1.82, 2.24) is 9.88 Å². The van der Waals surface area contributed by atoms with Gasteiger partial charge in [0.15, 0.2) is 0 Å². The van der Waals surface area contributed by atoms with Crippen molar-refractivity contribution in [2.24, 2.45) is 0 Å². The van der Waals surface area contributed by atoms with E-state index in [0.717, 1.165) is 38.1 Å². The zero-order valence-corrected chi connectivity index (χ0v) is 15.0. The molecule has 1 aliphatic rings. The zero-order chi connectivity index (χ0) is 17.5. The van der Waals surface area contributed by atoms with Crippen LogP contribution in [0, 0.1) is 0 Å². The van der Waals surface area contributed by atoms with Crippen LogP contribution in [0.2, 0.25) is 0 Å². The fourth-order valence-corrected chi connectivity index (χ4v) is 3.43. The van der Waals surface area contributed by atoms with Crippen molar-refractivity contribution in [3.05, 3.63) is 59.9 Å². The van der Waals surface area contributed by atoms with Gasteiger partial charge in [-0.1, -0.05) is 25.1 Å². The molecule has 1 atom stereocenters. The third-order valence-electron chi connectivity index (χ3n) is 4.99. The van der Waals surface area contributed by atoms with Crippen molar-refractivity contribution >= 4 is 0 Å². The van der Waals surface area contributed by atoms with Gasteiger partial charge in [-0.15, -0.1) is 0 Å². The molecule has 0 bridgehead atoms. The maximum Gasteiger partial charge on any atom is 0.119 e. The van der Waals surface area contributed by atoms with Gasteiger partial charge in [-0.05, 0) is 67.6 Å². The number of β-amino-alcohol motifs (C(OH)–C–C–N with tert-alkyl or cyclic N) is 1. The van der Waals surface area contributed by atoms with Crippen LogP contribution in [-0.2, 0) is 6.42 Å². The molecule has 0 saturated carbocycles. The summed E-state index contributed by atoms with van der Waals surface area (Å²) in [7, 11) is 0. The number of benzene rings is 1. The lowest BCUT2D eigenvalue weighted by Gasteiger charge is -2.33. The number of aromatic nitrogens is 1. The van der Waals surface area contributed by atoms with Crippen molar-refractivity contribution in [2.75, 3.05) is 26.2 Å². The molecule has 2 aromatic rings. The number of piperidine rings is 1. The molecule has 0 aliphatic carbocycles. The Kier molecular flexibility index (Phi) is 6.42. The molecular weight excluding hydrogens is 312 g/mol. The van der Waals surface area contributed by atoms with Gasteiger partial charge in [0.05, 0.1) is 0 Å². The first-order valence-corrected chi connectivity index (χ1v) is 9.26. The van der Waals surface area contributed by atoms with Crippen LogP contribution in [0.5, 0.6) is 5.75 Å². The van der Waals surface area contributed by atoms with Crippen LogP contribution in [0.3, 0.4) is 0 Å². The number of rotatable bonds is 7. The Morgan fingerprint density at radius 3 is 2.60 bits per heavy atom. The van der Waals surface area contributed by atoms with Gasteiger partial charge in [0.2, 0.25) is 0 Å². The molecule has 25 heavy (non-hydrogen) atoms. The van der Waals surface area contributed by atoms with Crippen molar-refractivity contribution in [2.45, 2.75) is 38.2 Å². The fraction of sp³-hybridized carbons (Fsp3) is 0.476. The van der Waals surface area contributed by atoms with Crippen LogP contribution in [0.25, 0.3) is 0 Å². The van der Waals surface area contributed by atoms with E-state index in [4.69, 9.17) is 4.74 Å². The van der Waals surface area contributed by atoms with Gasteiger partial charge in [-0.25, -0.2) is 0 Å². The molecule has 0 amide bonds. The van der Waals surface area contributed by atoms with Crippen molar-refractivity contribution in [3.63, 3.8) is 0 Å². The number of likely N-dealkylation sites (tertiary alicyclic amines) is 1. The molecule has 1 aromatic heterocycles. The Morgan fingerprint density at radius 2 is 1.96 bits per heavy atom. The lowest BCUT2D eigenvalue weighted by atomic mass is 9.90. The number of aliphatic hydroxyl groups is 1. The molecule has 0 unspecified atom stereocenters. The summed E-state index contributed by atoms with van der Waals surface area (Å²) in [5, 5.41) is 10.3. The van der Waals surface area contributed by atoms with E-state index in [9.17, 15) is 5.11 Å². The van der Waals surface area contributed by atoms with Gasteiger partial charge in [0.25, 0.3) is 0 Å². The van der Waals surface area contributed by atoms with Crippen molar-refractivity contribution < 1.29 is 9.84 Å². The monoisotopic (exact) mass is 340 g/mol. The van der Waals surface area contributed by atoms with E-state index in [-0.39, 0.29) is 0 Å². The molecule has 0 radical (unpaired) electrons. The highest BCUT2D eigenvalue weighted by atomic mass is 16.5. The Balaban J connectivity index is 1.39. The smallest absolute Gasteiger partial charge is 0.119 e. The Bertz CT molecular complexity index is 622. The number of pyridine rings is 1. The molecule has 2 heterocycles. The second kappa shape index (κ2) is 8.97. The maximum absolute atomic E-state index is 10.3. The van der Waals surface area contributed by atoms with E-state index in [1.54, 1.807) is 0 Å². The molecule has 1 fully saturated rings. The van der Waals surface area contributed by atoms with Gasteiger partial charge in [0, 0.05) is 18.9 Å². The Morgan fingerprint density at radius 1 is 1.20 bits per heavy atom. The summed E-state index contributed by atoms with van der Waals surface area (Å²) in [5.74, 6) is 1.42. The Labute approximate surface area is 150 Å². The summed E-state index contributed by atoms with van der Waals surface area (Å²) in [4.78, 5) is 6.56. The van der Waals surface area contributed by atoms with Crippen molar-refractivity contribution in [1.29, 1.82) is 0 Å². The molecular formula is C21H28N2O2. The van der Waals surface area contributed by atoms with Gasteiger partial charge in [0.1, 0.15) is 18.5 Å². The van der Waals surface area contributed by atoms with Crippen LogP contribution < -0.4 is 4.74 Å². The number of aliphatic hydroxyl groups excluding tert-OH is 1. The molecule has 4 nitrogen and oxygen atoms in total. The summed E-state index contributed by atoms with van der Waals surface area (Å²) in [5.41, 5.74) is 2.63. The molecule has 134 valence electrons. The predicted molar refractivity (Wildman–Crippen MR) is 100.0 cm³/mol. The second-order valence-electron chi connectivity index (χ2n) is 6.82. The highest BCUT2D eigenvalue weighted by molar-refractivity contribution is 5.27. The molecule has 3 rings (SSSR count). The topological polar surface area (TPSA) is 45.6 Å². The lowest BCUT2D eigenvalue weighted by molar-refractivity contribution is 0.0594. The molecule has 1 aromatic carbocycles. The number of aryl methyl sites for hydroxylation is 1.